The maximum absolute atomic E-state index is 12.7. The van der Waals surface area contributed by atoms with E-state index in [1.807, 2.05) is 30.3 Å². The third-order valence-electron chi connectivity index (χ3n) is 4.39. The summed E-state index contributed by atoms with van der Waals surface area (Å²) in [4.78, 5) is 22.5. The Balaban J connectivity index is 1.44. The predicted octanol–water partition coefficient (Wildman–Crippen LogP) is 1.06. The molecule has 1 aromatic carbocycles. The quantitative estimate of drug-likeness (QED) is 0.631. The number of carbonyl (C=O) groups excluding carboxylic acids is 1. The summed E-state index contributed by atoms with van der Waals surface area (Å²) in [6.45, 7) is 0.0354. The minimum atomic E-state index is -1.28. The van der Waals surface area contributed by atoms with Crippen LogP contribution in [0.4, 0.5) is 5.82 Å². The van der Waals surface area contributed by atoms with Crippen LogP contribution in [0.2, 0.25) is 0 Å². The van der Waals surface area contributed by atoms with Crippen molar-refractivity contribution in [2.75, 3.05) is 18.6 Å². The van der Waals surface area contributed by atoms with Crippen LogP contribution >= 0.6 is 0 Å². The van der Waals surface area contributed by atoms with Crippen LogP contribution in [0.15, 0.2) is 53.2 Å². The maximum atomic E-state index is 12.7. The second-order valence-electron chi connectivity index (χ2n) is 6.36. The molecule has 0 fully saturated rings. The molecule has 3 aromatic rings. The number of nitrogens with one attached hydrogen (secondary N) is 1. The molecule has 0 saturated heterocycles. The lowest BCUT2D eigenvalue weighted by Gasteiger charge is -2.21. The van der Waals surface area contributed by atoms with Crippen LogP contribution in [0.25, 0.3) is 0 Å². The number of fused-ring (bicyclic) bond motifs is 1. The van der Waals surface area contributed by atoms with E-state index in [0.29, 0.717) is 23.9 Å². The number of aromatic nitrogens is 3. The third-order valence-corrected chi connectivity index (χ3v) is 4.39. The molecule has 2 N–H and O–H groups in total. The average Bonchev–Trinajstić information content (AvgIpc) is 3.15. The number of anilines is 1. The van der Waals surface area contributed by atoms with Crippen molar-refractivity contribution in [3.8, 4) is 5.75 Å². The van der Waals surface area contributed by atoms with Crippen molar-refractivity contribution in [3.05, 3.63) is 65.9 Å². The smallest absolute Gasteiger partial charge is 0.248 e. The van der Waals surface area contributed by atoms with Gasteiger partial charge in [-0.3, -0.25) is 15.0 Å². The number of ether oxygens (including phenoxy) is 1. The van der Waals surface area contributed by atoms with E-state index in [0.717, 1.165) is 5.56 Å². The normalized spacial score (nSPS) is 17.6. The summed E-state index contributed by atoms with van der Waals surface area (Å²) in [5.74, 6) is 1.07. The SMILES string of the molecule is CN1C(=O)[C@@H](NC(O)c2noc(Cc3ccccc3)n2)COc2cccnc21. The number of aliphatic hydroxyl groups excluding tert-OH is 1. The van der Waals surface area contributed by atoms with Crippen LogP contribution in [-0.2, 0) is 11.2 Å². The van der Waals surface area contributed by atoms with E-state index in [2.05, 4.69) is 20.4 Å². The molecule has 2 atom stereocenters. The molecule has 144 valence electrons. The molecule has 3 heterocycles. The van der Waals surface area contributed by atoms with E-state index >= 15 is 0 Å². The fraction of sp³-hybridized carbons (Fsp3) is 0.263. The van der Waals surface area contributed by atoms with Crippen LogP contribution in [0.3, 0.4) is 0 Å². The largest absolute Gasteiger partial charge is 0.488 e. The van der Waals surface area contributed by atoms with Crippen molar-refractivity contribution in [1.29, 1.82) is 0 Å². The zero-order valence-electron chi connectivity index (χ0n) is 15.1. The Bertz CT molecular complexity index is 962. The Morgan fingerprint density at radius 2 is 2.11 bits per heavy atom. The third kappa shape index (κ3) is 3.71. The van der Waals surface area contributed by atoms with Gasteiger partial charge in [0.25, 0.3) is 0 Å². The number of amides is 1. The summed E-state index contributed by atoms with van der Waals surface area (Å²) in [6, 6.07) is 12.3. The van der Waals surface area contributed by atoms with E-state index < -0.39 is 12.3 Å². The number of benzene rings is 1. The molecule has 28 heavy (non-hydrogen) atoms. The van der Waals surface area contributed by atoms with Crippen LogP contribution in [0, 0.1) is 0 Å². The minimum absolute atomic E-state index is 0.0354. The summed E-state index contributed by atoms with van der Waals surface area (Å²) in [5, 5.41) is 17.0. The van der Waals surface area contributed by atoms with Gasteiger partial charge in [0.1, 0.15) is 12.6 Å². The fourth-order valence-electron chi connectivity index (χ4n) is 2.94. The Kier molecular flexibility index (Phi) is 5.00. The summed E-state index contributed by atoms with van der Waals surface area (Å²) in [5.41, 5.74) is 1.01. The van der Waals surface area contributed by atoms with Crippen molar-refractivity contribution < 1.29 is 19.2 Å². The van der Waals surface area contributed by atoms with Gasteiger partial charge >= 0.3 is 0 Å². The topological polar surface area (TPSA) is 114 Å². The standard InChI is InChI=1S/C19H19N5O4/c1-24-17-14(8-5-9-20-17)27-11-13(19(24)26)21-18(25)16-22-15(28-23-16)10-12-6-3-2-4-7-12/h2-9,13,18,21,25H,10-11H2,1H3/t13-,18?/m0/s1. The highest BCUT2D eigenvalue weighted by molar-refractivity contribution is 5.97. The molecule has 1 unspecified atom stereocenters. The van der Waals surface area contributed by atoms with Gasteiger partial charge in [-0.15, -0.1) is 0 Å². The number of likely N-dealkylation sites (N-methyl/N-ethyl adjacent to an activating group) is 1. The van der Waals surface area contributed by atoms with Crippen LogP contribution in [0.1, 0.15) is 23.5 Å². The number of hydrogen-bond donors (Lipinski definition) is 2. The Labute approximate surface area is 161 Å². The first-order valence-corrected chi connectivity index (χ1v) is 8.77. The van der Waals surface area contributed by atoms with Crippen molar-refractivity contribution in [2.24, 2.45) is 0 Å². The number of carbonyl (C=O) groups is 1. The second kappa shape index (κ2) is 7.75. The lowest BCUT2D eigenvalue weighted by atomic mass is 10.1. The van der Waals surface area contributed by atoms with Crippen molar-refractivity contribution in [3.63, 3.8) is 0 Å². The molecule has 9 nitrogen and oxygen atoms in total. The number of aliphatic hydroxyl groups is 1. The van der Waals surface area contributed by atoms with E-state index in [4.69, 9.17) is 9.26 Å². The first-order valence-electron chi connectivity index (χ1n) is 8.77. The highest BCUT2D eigenvalue weighted by Gasteiger charge is 2.32. The van der Waals surface area contributed by atoms with Gasteiger partial charge in [-0.05, 0) is 17.7 Å². The first-order chi connectivity index (χ1) is 13.6. The van der Waals surface area contributed by atoms with Gasteiger partial charge in [-0.25, -0.2) is 4.98 Å². The molecule has 0 bridgehead atoms. The number of rotatable bonds is 5. The molecule has 1 aliphatic heterocycles. The summed E-state index contributed by atoms with van der Waals surface area (Å²) in [7, 11) is 1.61. The van der Waals surface area contributed by atoms with E-state index in [9.17, 15) is 9.90 Å². The fourth-order valence-corrected chi connectivity index (χ4v) is 2.94. The van der Waals surface area contributed by atoms with Gasteiger partial charge in [0, 0.05) is 13.2 Å². The Morgan fingerprint density at radius 1 is 1.29 bits per heavy atom. The summed E-state index contributed by atoms with van der Waals surface area (Å²) >= 11 is 0. The zero-order chi connectivity index (χ0) is 19.5. The van der Waals surface area contributed by atoms with Crippen LogP contribution in [-0.4, -0.2) is 45.8 Å². The van der Waals surface area contributed by atoms with E-state index in [-0.39, 0.29) is 18.3 Å². The van der Waals surface area contributed by atoms with Crippen molar-refractivity contribution in [1.82, 2.24) is 20.4 Å². The lowest BCUT2D eigenvalue weighted by Crippen LogP contribution is -2.48. The van der Waals surface area contributed by atoms with E-state index in [1.54, 1.807) is 25.4 Å². The monoisotopic (exact) mass is 381 g/mol. The molecule has 9 heteroatoms. The van der Waals surface area contributed by atoms with E-state index in [1.165, 1.54) is 4.90 Å². The van der Waals surface area contributed by atoms with Gasteiger partial charge in [0.15, 0.2) is 17.8 Å². The van der Waals surface area contributed by atoms with Gasteiger partial charge in [-0.1, -0.05) is 35.5 Å². The summed E-state index contributed by atoms with van der Waals surface area (Å²) in [6.07, 6.45) is 0.756. The number of pyridine rings is 1. The highest BCUT2D eigenvalue weighted by atomic mass is 16.5. The molecule has 2 aromatic heterocycles. The molecule has 0 aliphatic carbocycles. The molecular formula is C19H19N5O4. The predicted molar refractivity (Wildman–Crippen MR) is 98.6 cm³/mol. The van der Waals surface area contributed by atoms with Gasteiger partial charge in [0.05, 0.1) is 6.42 Å². The lowest BCUT2D eigenvalue weighted by molar-refractivity contribution is -0.121. The highest BCUT2D eigenvalue weighted by Crippen LogP contribution is 2.27. The zero-order valence-corrected chi connectivity index (χ0v) is 15.1. The summed E-state index contributed by atoms with van der Waals surface area (Å²) < 4.78 is 10.9. The Morgan fingerprint density at radius 3 is 2.93 bits per heavy atom. The van der Waals surface area contributed by atoms with Gasteiger partial charge in [0.2, 0.25) is 17.6 Å². The molecule has 0 saturated carbocycles. The van der Waals surface area contributed by atoms with Crippen molar-refractivity contribution >= 4 is 11.7 Å². The number of nitrogens with zero attached hydrogens (tertiary/aromatic N) is 4. The van der Waals surface area contributed by atoms with Crippen molar-refractivity contribution in [2.45, 2.75) is 18.7 Å². The molecule has 0 radical (unpaired) electrons. The molecular weight excluding hydrogens is 362 g/mol. The minimum Gasteiger partial charge on any atom is -0.488 e. The second-order valence-corrected chi connectivity index (χ2v) is 6.36. The van der Waals surface area contributed by atoms with Crippen LogP contribution < -0.4 is 15.0 Å². The average molecular weight is 381 g/mol. The molecule has 4 rings (SSSR count). The molecule has 1 amide bonds. The van der Waals surface area contributed by atoms with Crippen LogP contribution in [0.5, 0.6) is 5.75 Å². The Hall–Kier alpha value is -3.30. The number of hydrogen-bond acceptors (Lipinski definition) is 8. The molecule has 1 aliphatic rings. The molecule has 0 spiro atoms. The van der Waals surface area contributed by atoms with Gasteiger partial charge in [-0.2, -0.15) is 4.98 Å². The van der Waals surface area contributed by atoms with Gasteiger partial charge < -0.3 is 14.4 Å². The maximum Gasteiger partial charge on any atom is 0.248 e. The first kappa shape index (κ1) is 18.1.